The van der Waals surface area contributed by atoms with Crippen LogP contribution in [-0.2, 0) is 12.4 Å². The van der Waals surface area contributed by atoms with Gasteiger partial charge in [0.15, 0.2) is 5.65 Å². The van der Waals surface area contributed by atoms with Crippen molar-refractivity contribution in [2.75, 3.05) is 13.7 Å². The van der Waals surface area contributed by atoms with Gasteiger partial charge in [-0.2, -0.15) is 4.98 Å². The van der Waals surface area contributed by atoms with Crippen LogP contribution in [0, 0.1) is 0 Å². The van der Waals surface area contributed by atoms with Crippen LogP contribution in [0.2, 0.25) is 0 Å². The van der Waals surface area contributed by atoms with E-state index < -0.39 is 6.03 Å². The van der Waals surface area contributed by atoms with E-state index >= 15 is 0 Å². The fraction of sp³-hybridized carbons (Fsp3) is 0.364. The average Bonchev–Trinajstić information content (AvgIpc) is 2.75. The number of nitrogens with one attached hydrogen (secondary N) is 1. The van der Waals surface area contributed by atoms with Gasteiger partial charge in [0.2, 0.25) is 5.88 Å². The smallest absolute Gasteiger partial charge is 0.312 e. The summed E-state index contributed by atoms with van der Waals surface area (Å²) in [5.41, 5.74) is 6.42. The number of methoxy groups -OCH3 is 1. The van der Waals surface area contributed by atoms with Crippen LogP contribution >= 0.6 is 11.6 Å². The molecular weight excluding hydrogens is 270 g/mol. The third kappa shape index (κ3) is 2.87. The molecule has 0 bridgehead atoms. The number of hydrogen-bond acceptors (Lipinski definition) is 4. The predicted molar refractivity (Wildman–Crippen MR) is 71.2 cm³/mol. The van der Waals surface area contributed by atoms with Crippen molar-refractivity contribution in [2.24, 2.45) is 5.73 Å². The fourth-order valence-electron chi connectivity index (χ4n) is 1.77. The average molecular weight is 284 g/mol. The van der Waals surface area contributed by atoms with Crippen LogP contribution in [0.4, 0.5) is 4.79 Å². The predicted octanol–water partition coefficient (Wildman–Crippen LogP) is 0.847. The number of halogens is 1. The van der Waals surface area contributed by atoms with Crippen LogP contribution in [0.1, 0.15) is 5.82 Å². The molecule has 0 saturated carbocycles. The second-order valence-corrected chi connectivity index (χ2v) is 4.07. The van der Waals surface area contributed by atoms with Crippen molar-refractivity contribution in [1.82, 2.24) is 19.9 Å². The minimum absolute atomic E-state index is 0.259. The lowest BCUT2D eigenvalue weighted by molar-refractivity contribution is 0.248. The van der Waals surface area contributed by atoms with Crippen molar-refractivity contribution in [3.8, 4) is 5.88 Å². The summed E-state index contributed by atoms with van der Waals surface area (Å²) in [6.07, 6.45) is 0. The Hall–Kier alpha value is -2.02. The number of rotatable bonds is 5. The molecule has 0 unspecified atom stereocenters. The Kier molecular flexibility index (Phi) is 4.06. The van der Waals surface area contributed by atoms with Gasteiger partial charge in [0, 0.05) is 19.2 Å². The molecule has 0 aliphatic heterocycles. The summed E-state index contributed by atoms with van der Waals surface area (Å²) < 4.78 is 6.92. The van der Waals surface area contributed by atoms with Crippen molar-refractivity contribution in [2.45, 2.75) is 12.4 Å². The summed E-state index contributed by atoms with van der Waals surface area (Å²) in [7, 11) is 1.55. The molecule has 2 rings (SSSR count). The lowest BCUT2D eigenvalue weighted by atomic mass is 10.4. The van der Waals surface area contributed by atoms with Crippen LogP contribution in [0.25, 0.3) is 11.2 Å². The van der Waals surface area contributed by atoms with Crippen LogP contribution in [0.3, 0.4) is 0 Å². The number of hydrogen-bond donors (Lipinski definition) is 2. The van der Waals surface area contributed by atoms with Crippen molar-refractivity contribution in [3.63, 3.8) is 0 Å². The summed E-state index contributed by atoms with van der Waals surface area (Å²) in [6, 6.07) is 2.98. The standard InChI is InChI=1S/C11H14ClN5O2/c1-19-9-3-2-7-10(16-9)17(8(6-12)15-7)5-4-14-11(13)18/h2-3H,4-6H2,1H3,(H3,13,14,18). The number of alkyl halides is 1. The molecule has 0 spiro atoms. The molecule has 0 radical (unpaired) electrons. The molecule has 19 heavy (non-hydrogen) atoms. The molecule has 0 aliphatic carbocycles. The molecule has 0 atom stereocenters. The molecule has 0 aliphatic rings. The summed E-state index contributed by atoms with van der Waals surface area (Å²) >= 11 is 5.86. The maximum atomic E-state index is 10.7. The van der Waals surface area contributed by atoms with E-state index in [1.165, 1.54) is 0 Å². The Labute approximate surface area is 114 Å². The number of carbonyl (C=O) groups is 1. The van der Waals surface area contributed by atoms with Crippen LogP contribution in [0.5, 0.6) is 5.88 Å². The molecule has 2 aromatic rings. The number of aromatic nitrogens is 3. The summed E-state index contributed by atoms with van der Waals surface area (Å²) in [4.78, 5) is 19.4. The van der Waals surface area contributed by atoms with E-state index in [1.54, 1.807) is 13.2 Å². The number of imidazole rings is 1. The molecular formula is C11H14ClN5O2. The Balaban J connectivity index is 2.34. The third-order valence-electron chi connectivity index (χ3n) is 2.61. The first-order chi connectivity index (χ1) is 9.15. The second kappa shape index (κ2) is 5.75. The third-order valence-corrected chi connectivity index (χ3v) is 2.85. The van der Waals surface area contributed by atoms with E-state index in [-0.39, 0.29) is 5.88 Å². The highest BCUT2D eigenvalue weighted by Gasteiger charge is 2.12. The Morgan fingerprint density at radius 3 is 2.95 bits per heavy atom. The van der Waals surface area contributed by atoms with Gasteiger partial charge in [-0.15, -0.1) is 11.6 Å². The topological polar surface area (TPSA) is 95.1 Å². The highest BCUT2D eigenvalue weighted by molar-refractivity contribution is 6.16. The number of fused-ring (bicyclic) bond motifs is 1. The Bertz CT molecular complexity index is 598. The van der Waals surface area contributed by atoms with E-state index in [9.17, 15) is 4.79 Å². The number of nitrogens with zero attached hydrogens (tertiary/aromatic N) is 3. The van der Waals surface area contributed by atoms with Gasteiger partial charge in [-0.05, 0) is 6.07 Å². The summed E-state index contributed by atoms with van der Waals surface area (Å²) in [6.45, 7) is 0.866. The van der Waals surface area contributed by atoms with Crippen molar-refractivity contribution < 1.29 is 9.53 Å². The number of nitrogens with two attached hydrogens (primary N) is 1. The van der Waals surface area contributed by atoms with Gasteiger partial charge >= 0.3 is 6.03 Å². The zero-order valence-electron chi connectivity index (χ0n) is 10.4. The highest BCUT2D eigenvalue weighted by atomic mass is 35.5. The van der Waals surface area contributed by atoms with Gasteiger partial charge in [-0.3, -0.25) is 0 Å². The van der Waals surface area contributed by atoms with Crippen LogP contribution < -0.4 is 15.8 Å². The first kappa shape index (κ1) is 13.4. The fourth-order valence-corrected chi connectivity index (χ4v) is 1.98. The van der Waals surface area contributed by atoms with Gasteiger partial charge in [0.05, 0.1) is 13.0 Å². The number of amides is 2. The minimum atomic E-state index is -0.567. The molecule has 2 heterocycles. The maximum Gasteiger partial charge on any atom is 0.312 e. The molecule has 7 nitrogen and oxygen atoms in total. The van der Waals surface area contributed by atoms with E-state index in [0.717, 1.165) is 5.52 Å². The van der Waals surface area contributed by atoms with Gasteiger partial charge in [0.1, 0.15) is 11.3 Å². The SMILES string of the molecule is COc1ccc2nc(CCl)n(CCNC(N)=O)c2n1. The van der Waals surface area contributed by atoms with Gasteiger partial charge in [-0.25, -0.2) is 9.78 Å². The second-order valence-electron chi connectivity index (χ2n) is 3.80. The number of pyridine rings is 1. The van der Waals surface area contributed by atoms with Crippen LogP contribution in [0.15, 0.2) is 12.1 Å². The molecule has 0 saturated heterocycles. The lowest BCUT2D eigenvalue weighted by Crippen LogP contribution is -2.32. The number of ether oxygens (including phenoxy) is 1. The maximum absolute atomic E-state index is 10.7. The zero-order valence-corrected chi connectivity index (χ0v) is 11.1. The van der Waals surface area contributed by atoms with E-state index in [1.807, 2.05) is 10.6 Å². The molecule has 0 aromatic carbocycles. The molecule has 102 valence electrons. The van der Waals surface area contributed by atoms with Crippen molar-refractivity contribution in [3.05, 3.63) is 18.0 Å². The van der Waals surface area contributed by atoms with E-state index in [0.29, 0.717) is 30.4 Å². The number of urea groups is 1. The largest absolute Gasteiger partial charge is 0.481 e. The molecule has 0 fully saturated rings. The van der Waals surface area contributed by atoms with Crippen LogP contribution in [-0.4, -0.2) is 34.2 Å². The highest BCUT2D eigenvalue weighted by Crippen LogP contribution is 2.18. The quantitative estimate of drug-likeness (QED) is 0.795. The summed E-state index contributed by atoms with van der Waals surface area (Å²) in [5, 5.41) is 2.52. The molecule has 2 aromatic heterocycles. The summed E-state index contributed by atoms with van der Waals surface area (Å²) in [5.74, 6) is 1.44. The Morgan fingerprint density at radius 2 is 2.32 bits per heavy atom. The molecule has 3 N–H and O–H groups in total. The number of carbonyl (C=O) groups excluding carboxylic acids is 1. The minimum Gasteiger partial charge on any atom is -0.481 e. The van der Waals surface area contributed by atoms with E-state index in [4.69, 9.17) is 22.1 Å². The molecule has 2 amide bonds. The Morgan fingerprint density at radius 1 is 1.53 bits per heavy atom. The monoisotopic (exact) mass is 283 g/mol. The normalized spacial score (nSPS) is 10.6. The zero-order chi connectivity index (χ0) is 13.8. The van der Waals surface area contributed by atoms with Crippen molar-refractivity contribution in [1.29, 1.82) is 0 Å². The van der Waals surface area contributed by atoms with Crippen molar-refractivity contribution >= 4 is 28.8 Å². The van der Waals surface area contributed by atoms with Gasteiger partial charge in [-0.1, -0.05) is 0 Å². The first-order valence-electron chi connectivity index (χ1n) is 5.65. The lowest BCUT2D eigenvalue weighted by Gasteiger charge is -2.07. The van der Waals surface area contributed by atoms with Gasteiger partial charge < -0.3 is 20.4 Å². The first-order valence-corrected chi connectivity index (χ1v) is 6.18. The van der Waals surface area contributed by atoms with Gasteiger partial charge in [0.25, 0.3) is 0 Å². The number of primary amides is 1. The molecule has 8 heteroatoms. The van der Waals surface area contributed by atoms with E-state index in [2.05, 4.69) is 15.3 Å².